The summed E-state index contributed by atoms with van der Waals surface area (Å²) in [5.74, 6) is 0.619. The lowest BCUT2D eigenvalue weighted by Crippen LogP contribution is -2.38. The van der Waals surface area contributed by atoms with Crippen LogP contribution in [0.3, 0.4) is 0 Å². The van der Waals surface area contributed by atoms with Crippen LogP contribution in [0.4, 0.5) is 0 Å². The first-order valence-corrected chi connectivity index (χ1v) is 10.8. The van der Waals surface area contributed by atoms with Gasteiger partial charge in [-0.2, -0.15) is 4.31 Å². The van der Waals surface area contributed by atoms with Gasteiger partial charge in [-0.3, -0.25) is 4.79 Å². The highest BCUT2D eigenvalue weighted by atomic mass is 32.2. The molecular formula is C19H30N2O4S. The van der Waals surface area contributed by atoms with E-state index in [0.29, 0.717) is 31.3 Å². The maximum atomic E-state index is 12.9. The van der Waals surface area contributed by atoms with Crippen molar-refractivity contribution in [3.05, 3.63) is 23.8 Å². The van der Waals surface area contributed by atoms with Crippen molar-refractivity contribution in [1.29, 1.82) is 0 Å². The van der Waals surface area contributed by atoms with Crippen LogP contribution in [0.1, 0.15) is 56.3 Å². The fourth-order valence-corrected chi connectivity index (χ4v) is 4.57. The largest absolute Gasteiger partial charge is 0.496 e. The van der Waals surface area contributed by atoms with Gasteiger partial charge in [-0.1, -0.05) is 26.7 Å². The van der Waals surface area contributed by atoms with E-state index in [0.717, 1.165) is 32.1 Å². The Morgan fingerprint density at radius 1 is 1.27 bits per heavy atom. The van der Waals surface area contributed by atoms with Gasteiger partial charge in [0.1, 0.15) is 5.75 Å². The van der Waals surface area contributed by atoms with E-state index in [-0.39, 0.29) is 16.4 Å². The van der Waals surface area contributed by atoms with Crippen molar-refractivity contribution < 1.29 is 17.9 Å². The zero-order valence-corrected chi connectivity index (χ0v) is 16.8. The third-order valence-corrected chi connectivity index (χ3v) is 6.76. The summed E-state index contributed by atoms with van der Waals surface area (Å²) in [6.45, 7) is 5.85. The number of piperidine rings is 1. The molecule has 0 radical (unpaired) electrons. The first kappa shape index (κ1) is 20.7. The summed E-state index contributed by atoms with van der Waals surface area (Å²) in [4.78, 5) is 12.6. The average molecular weight is 383 g/mol. The van der Waals surface area contributed by atoms with Crippen LogP contribution in [0.5, 0.6) is 5.75 Å². The summed E-state index contributed by atoms with van der Waals surface area (Å²) in [5.41, 5.74) is 0.260. The molecular weight excluding hydrogens is 352 g/mol. The van der Waals surface area contributed by atoms with Gasteiger partial charge in [-0.05, 0) is 43.4 Å². The van der Waals surface area contributed by atoms with Crippen LogP contribution in [0.15, 0.2) is 23.1 Å². The van der Waals surface area contributed by atoms with Crippen molar-refractivity contribution in [2.45, 2.75) is 50.8 Å². The van der Waals surface area contributed by atoms with E-state index in [1.807, 2.05) is 0 Å². The number of hydrogen-bond acceptors (Lipinski definition) is 4. The third-order valence-electron chi connectivity index (χ3n) is 4.86. The fourth-order valence-electron chi connectivity index (χ4n) is 3.07. The lowest BCUT2D eigenvalue weighted by atomic mass is 10.0. The second-order valence-electron chi connectivity index (χ2n) is 6.91. The molecule has 1 N–H and O–H groups in total. The Morgan fingerprint density at radius 3 is 2.58 bits per heavy atom. The highest BCUT2D eigenvalue weighted by Crippen LogP contribution is 2.27. The lowest BCUT2D eigenvalue weighted by Gasteiger charge is -2.29. The van der Waals surface area contributed by atoms with E-state index in [1.54, 1.807) is 6.07 Å². The van der Waals surface area contributed by atoms with Crippen molar-refractivity contribution >= 4 is 15.9 Å². The molecule has 1 aromatic carbocycles. The maximum Gasteiger partial charge on any atom is 0.255 e. The zero-order valence-electron chi connectivity index (χ0n) is 16.0. The molecule has 1 aliphatic rings. The van der Waals surface area contributed by atoms with E-state index in [4.69, 9.17) is 4.74 Å². The molecule has 6 nitrogen and oxygen atoms in total. The summed E-state index contributed by atoms with van der Waals surface area (Å²) in [5, 5.41) is 2.85. The Morgan fingerprint density at radius 2 is 1.96 bits per heavy atom. The zero-order chi connectivity index (χ0) is 19.2. The van der Waals surface area contributed by atoms with Gasteiger partial charge >= 0.3 is 0 Å². The molecule has 0 bridgehead atoms. The van der Waals surface area contributed by atoms with Gasteiger partial charge in [-0.25, -0.2) is 8.42 Å². The van der Waals surface area contributed by atoms with Gasteiger partial charge in [0.05, 0.1) is 17.6 Å². The standard InChI is InChI=1S/C19H30N2O4S/c1-4-5-6-11-20-19(22)17-14-16(7-8-18(17)25-3)26(23,24)21-12-9-15(2)10-13-21/h7-8,14-15H,4-6,9-13H2,1-3H3,(H,20,22). The number of nitrogens with one attached hydrogen (secondary N) is 1. The second-order valence-corrected chi connectivity index (χ2v) is 8.85. The smallest absolute Gasteiger partial charge is 0.255 e. The number of benzene rings is 1. The van der Waals surface area contributed by atoms with Gasteiger partial charge in [0.15, 0.2) is 0 Å². The Bertz CT molecular complexity index is 710. The molecule has 0 aliphatic carbocycles. The second kappa shape index (κ2) is 9.37. The minimum atomic E-state index is -3.60. The Hall–Kier alpha value is -1.60. The molecule has 0 unspecified atom stereocenters. The van der Waals surface area contributed by atoms with Crippen molar-refractivity contribution in [3.8, 4) is 5.75 Å². The highest BCUT2D eigenvalue weighted by Gasteiger charge is 2.29. The van der Waals surface area contributed by atoms with E-state index in [2.05, 4.69) is 19.2 Å². The SMILES string of the molecule is CCCCCNC(=O)c1cc(S(=O)(=O)N2CCC(C)CC2)ccc1OC. The molecule has 0 aromatic heterocycles. The topological polar surface area (TPSA) is 75.7 Å². The minimum Gasteiger partial charge on any atom is -0.496 e. The first-order valence-electron chi connectivity index (χ1n) is 9.36. The highest BCUT2D eigenvalue weighted by molar-refractivity contribution is 7.89. The molecule has 7 heteroatoms. The molecule has 26 heavy (non-hydrogen) atoms. The number of nitrogens with zero attached hydrogens (tertiary/aromatic N) is 1. The Balaban J connectivity index is 2.21. The van der Waals surface area contributed by atoms with Gasteiger partial charge in [-0.15, -0.1) is 0 Å². The van der Waals surface area contributed by atoms with Crippen molar-refractivity contribution in [2.24, 2.45) is 5.92 Å². The molecule has 1 heterocycles. The van der Waals surface area contributed by atoms with Crippen molar-refractivity contribution in [1.82, 2.24) is 9.62 Å². The number of amides is 1. The number of ether oxygens (including phenoxy) is 1. The van der Waals surface area contributed by atoms with E-state index in [9.17, 15) is 13.2 Å². The molecule has 1 amide bonds. The molecule has 1 fully saturated rings. The Labute approximate surface area is 157 Å². The summed E-state index contributed by atoms with van der Waals surface area (Å²) < 4.78 is 32.6. The first-order chi connectivity index (χ1) is 12.4. The minimum absolute atomic E-state index is 0.145. The van der Waals surface area contributed by atoms with Crippen LogP contribution in [0.2, 0.25) is 0 Å². The fraction of sp³-hybridized carbons (Fsp3) is 0.632. The molecule has 1 aliphatic heterocycles. The molecule has 1 saturated heterocycles. The molecule has 2 rings (SSSR count). The summed E-state index contributed by atoms with van der Waals surface area (Å²) in [6, 6.07) is 4.50. The molecule has 1 aromatic rings. The molecule has 0 spiro atoms. The lowest BCUT2D eigenvalue weighted by molar-refractivity contribution is 0.0949. The van der Waals surface area contributed by atoms with Crippen LogP contribution in [-0.2, 0) is 10.0 Å². The average Bonchev–Trinajstić information content (AvgIpc) is 2.64. The molecule has 0 atom stereocenters. The number of hydrogen-bond donors (Lipinski definition) is 1. The van der Waals surface area contributed by atoms with E-state index >= 15 is 0 Å². The number of unbranched alkanes of at least 4 members (excludes halogenated alkanes) is 2. The van der Waals surface area contributed by atoms with Crippen LogP contribution in [0.25, 0.3) is 0 Å². The van der Waals surface area contributed by atoms with E-state index < -0.39 is 10.0 Å². The van der Waals surface area contributed by atoms with E-state index in [1.165, 1.54) is 23.5 Å². The van der Waals surface area contributed by atoms with Gasteiger partial charge < -0.3 is 10.1 Å². The monoisotopic (exact) mass is 382 g/mol. The number of carbonyl (C=O) groups excluding carboxylic acids is 1. The maximum absolute atomic E-state index is 12.9. The molecule has 146 valence electrons. The number of sulfonamides is 1. The van der Waals surface area contributed by atoms with Gasteiger partial charge in [0, 0.05) is 19.6 Å². The Kier molecular flexibility index (Phi) is 7.46. The quantitative estimate of drug-likeness (QED) is 0.701. The molecule has 0 saturated carbocycles. The number of rotatable bonds is 8. The third kappa shape index (κ3) is 4.98. The van der Waals surface area contributed by atoms with Crippen molar-refractivity contribution in [2.75, 3.05) is 26.7 Å². The number of carbonyl (C=O) groups is 1. The summed E-state index contributed by atoms with van der Waals surface area (Å²) in [7, 11) is -2.12. The predicted octanol–water partition coefficient (Wildman–Crippen LogP) is 3.04. The predicted molar refractivity (Wildman–Crippen MR) is 102 cm³/mol. The number of methoxy groups -OCH3 is 1. The normalized spacial score (nSPS) is 16.4. The van der Waals surface area contributed by atoms with Gasteiger partial charge in [0.2, 0.25) is 10.0 Å². The van der Waals surface area contributed by atoms with Gasteiger partial charge in [0.25, 0.3) is 5.91 Å². The summed E-state index contributed by atoms with van der Waals surface area (Å²) in [6.07, 6.45) is 4.73. The van der Waals surface area contributed by atoms with Crippen LogP contribution in [0, 0.1) is 5.92 Å². The van der Waals surface area contributed by atoms with Crippen LogP contribution in [-0.4, -0.2) is 45.4 Å². The van der Waals surface area contributed by atoms with Crippen LogP contribution < -0.4 is 10.1 Å². The van der Waals surface area contributed by atoms with Crippen LogP contribution >= 0.6 is 0 Å². The van der Waals surface area contributed by atoms with Crippen molar-refractivity contribution in [3.63, 3.8) is 0 Å². The summed E-state index contributed by atoms with van der Waals surface area (Å²) >= 11 is 0.